The van der Waals surface area contributed by atoms with Gasteiger partial charge in [-0.2, -0.15) is 0 Å². The van der Waals surface area contributed by atoms with Crippen LogP contribution < -0.4 is 5.32 Å². The lowest BCUT2D eigenvalue weighted by Crippen LogP contribution is -2.39. The second-order valence-corrected chi connectivity index (χ2v) is 8.14. The smallest absolute Gasteiger partial charge is 0.293 e. The number of hydrogen-bond acceptors (Lipinski definition) is 5. The van der Waals surface area contributed by atoms with Gasteiger partial charge in [0.05, 0.1) is 16.0 Å². The van der Waals surface area contributed by atoms with Crippen molar-refractivity contribution >= 4 is 28.3 Å². The molecule has 30 heavy (non-hydrogen) atoms. The van der Waals surface area contributed by atoms with Crippen molar-refractivity contribution in [3.63, 3.8) is 0 Å². The molecule has 1 amide bonds. The number of carbonyl (C=O) groups is 1. The van der Waals surface area contributed by atoms with Gasteiger partial charge in [-0.1, -0.05) is 12.1 Å². The molecule has 2 fully saturated rings. The van der Waals surface area contributed by atoms with Crippen LogP contribution in [0.25, 0.3) is 11.0 Å². The van der Waals surface area contributed by atoms with E-state index in [0.717, 1.165) is 42.5 Å². The van der Waals surface area contributed by atoms with E-state index in [1.54, 1.807) is 17.0 Å². The molecule has 154 valence electrons. The largest absolute Gasteiger partial charge is 0.377 e. The van der Waals surface area contributed by atoms with E-state index >= 15 is 0 Å². The SMILES string of the molecule is O=C(c1ccc(NC2CC2)c([N+](=O)[O-])c1)N1CCC[C@H](c2nc3ccccc3[nH]2)C1. The van der Waals surface area contributed by atoms with Gasteiger partial charge < -0.3 is 15.2 Å². The number of rotatable bonds is 5. The summed E-state index contributed by atoms with van der Waals surface area (Å²) in [6, 6.07) is 12.9. The first-order valence-corrected chi connectivity index (χ1v) is 10.4. The Morgan fingerprint density at radius 3 is 2.80 bits per heavy atom. The summed E-state index contributed by atoms with van der Waals surface area (Å²) < 4.78 is 0. The van der Waals surface area contributed by atoms with E-state index in [-0.39, 0.29) is 17.5 Å². The fourth-order valence-corrected chi connectivity index (χ4v) is 4.12. The number of aromatic nitrogens is 2. The summed E-state index contributed by atoms with van der Waals surface area (Å²) in [4.78, 5) is 34.1. The van der Waals surface area contributed by atoms with Crippen LogP contribution in [0, 0.1) is 10.1 Å². The summed E-state index contributed by atoms with van der Waals surface area (Å²) in [5, 5.41) is 14.7. The minimum Gasteiger partial charge on any atom is -0.377 e. The molecule has 1 saturated heterocycles. The van der Waals surface area contributed by atoms with Crippen LogP contribution in [0.4, 0.5) is 11.4 Å². The molecular formula is C22H23N5O3. The highest BCUT2D eigenvalue weighted by Gasteiger charge is 2.30. The quantitative estimate of drug-likeness (QED) is 0.492. The summed E-state index contributed by atoms with van der Waals surface area (Å²) in [5.41, 5.74) is 2.71. The van der Waals surface area contributed by atoms with Crippen molar-refractivity contribution in [2.45, 2.75) is 37.6 Å². The average Bonchev–Trinajstić information content (AvgIpc) is 3.47. The molecule has 1 aliphatic carbocycles. The third-order valence-corrected chi connectivity index (χ3v) is 5.88. The van der Waals surface area contributed by atoms with Crippen LogP contribution in [0.15, 0.2) is 42.5 Å². The van der Waals surface area contributed by atoms with Gasteiger partial charge in [-0.25, -0.2) is 4.98 Å². The molecule has 8 nitrogen and oxygen atoms in total. The number of para-hydroxylation sites is 2. The fourth-order valence-electron chi connectivity index (χ4n) is 4.12. The Morgan fingerprint density at radius 2 is 2.03 bits per heavy atom. The van der Waals surface area contributed by atoms with Gasteiger partial charge in [-0.15, -0.1) is 0 Å². The van der Waals surface area contributed by atoms with E-state index in [1.807, 2.05) is 24.3 Å². The zero-order valence-electron chi connectivity index (χ0n) is 16.5. The molecule has 8 heteroatoms. The van der Waals surface area contributed by atoms with Crippen LogP contribution in [0.2, 0.25) is 0 Å². The Hall–Kier alpha value is -3.42. The van der Waals surface area contributed by atoms with E-state index in [2.05, 4.69) is 10.3 Å². The lowest BCUT2D eigenvalue weighted by atomic mass is 9.96. The number of fused-ring (bicyclic) bond motifs is 1. The minimum absolute atomic E-state index is 0.0430. The zero-order valence-corrected chi connectivity index (χ0v) is 16.5. The maximum atomic E-state index is 13.1. The van der Waals surface area contributed by atoms with Crippen molar-refractivity contribution in [2.24, 2.45) is 0 Å². The topological polar surface area (TPSA) is 104 Å². The molecule has 1 atom stereocenters. The van der Waals surface area contributed by atoms with Crippen LogP contribution in [0.5, 0.6) is 0 Å². The Balaban J connectivity index is 1.36. The van der Waals surface area contributed by atoms with Crippen LogP contribution >= 0.6 is 0 Å². The van der Waals surface area contributed by atoms with Crippen molar-refractivity contribution in [3.05, 3.63) is 64.0 Å². The van der Waals surface area contributed by atoms with Gasteiger partial charge in [-0.3, -0.25) is 14.9 Å². The maximum absolute atomic E-state index is 13.1. The van der Waals surface area contributed by atoms with Crippen molar-refractivity contribution in [1.29, 1.82) is 0 Å². The third-order valence-electron chi connectivity index (χ3n) is 5.88. The summed E-state index contributed by atoms with van der Waals surface area (Å²) in [6.07, 6.45) is 3.87. The second kappa shape index (κ2) is 7.44. The highest BCUT2D eigenvalue weighted by molar-refractivity contribution is 5.96. The molecule has 0 bridgehead atoms. The van der Waals surface area contributed by atoms with Crippen molar-refractivity contribution < 1.29 is 9.72 Å². The second-order valence-electron chi connectivity index (χ2n) is 8.14. The van der Waals surface area contributed by atoms with E-state index in [9.17, 15) is 14.9 Å². The summed E-state index contributed by atoms with van der Waals surface area (Å²) >= 11 is 0. The number of carbonyl (C=O) groups excluding carboxylic acids is 1. The number of likely N-dealkylation sites (tertiary alicyclic amines) is 1. The molecule has 1 saturated carbocycles. The lowest BCUT2D eigenvalue weighted by Gasteiger charge is -2.32. The van der Waals surface area contributed by atoms with Gasteiger partial charge in [0.25, 0.3) is 11.6 Å². The maximum Gasteiger partial charge on any atom is 0.293 e. The van der Waals surface area contributed by atoms with Crippen molar-refractivity contribution in [2.75, 3.05) is 18.4 Å². The summed E-state index contributed by atoms with van der Waals surface area (Å²) in [6.45, 7) is 1.19. The van der Waals surface area contributed by atoms with Crippen LogP contribution in [0.1, 0.15) is 47.8 Å². The van der Waals surface area contributed by atoms with Gasteiger partial charge >= 0.3 is 0 Å². The predicted molar refractivity (Wildman–Crippen MR) is 114 cm³/mol. The van der Waals surface area contributed by atoms with Gasteiger partial charge in [0, 0.05) is 36.7 Å². The summed E-state index contributed by atoms with van der Waals surface area (Å²) in [5.74, 6) is 0.849. The first kappa shape index (κ1) is 18.6. The number of aromatic amines is 1. The van der Waals surface area contributed by atoms with Crippen LogP contribution in [-0.4, -0.2) is 44.8 Å². The number of H-pyrrole nitrogens is 1. The number of piperidine rings is 1. The number of anilines is 1. The molecule has 5 rings (SSSR count). The molecule has 0 radical (unpaired) electrons. The first-order chi connectivity index (χ1) is 14.6. The molecule has 3 aromatic rings. The monoisotopic (exact) mass is 405 g/mol. The number of hydrogen-bond donors (Lipinski definition) is 2. The molecule has 0 spiro atoms. The van der Waals surface area contributed by atoms with E-state index < -0.39 is 4.92 Å². The van der Waals surface area contributed by atoms with Gasteiger partial charge in [0.15, 0.2) is 0 Å². The highest BCUT2D eigenvalue weighted by atomic mass is 16.6. The molecule has 2 aliphatic rings. The predicted octanol–water partition coefficient (Wildman–Crippen LogP) is 4.07. The van der Waals surface area contributed by atoms with Crippen molar-refractivity contribution in [1.82, 2.24) is 14.9 Å². The Morgan fingerprint density at radius 1 is 1.20 bits per heavy atom. The standard InChI is InChI=1S/C22H23N5O3/c28-22(14-7-10-19(23-16-8-9-16)20(12-14)27(29)30)26-11-3-4-15(13-26)21-24-17-5-1-2-6-18(17)25-21/h1-2,5-7,10,12,15-16,23H,3-4,8-9,11,13H2,(H,24,25)/t15-/m0/s1. The van der Waals surface area contributed by atoms with E-state index in [0.29, 0.717) is 30.4 Å². The average molecular weight is 405 g/mol. The number of imidazole rings is 1. The van der Waals surface area contributed by atoms with Gasteiger partial charge in [-0.05, 0) is 49.9 Å². The first-order valence-electron chi connectivity index (χ1n) is 10.4. The Kier molecular flexibility index (Phi) is 4.61. The molecule has 2 aromatic carbocycles. The normalized spacial score (nSPS) is 19.1. The number of benzene rings is 2. The minimum atomic E-state index is -0.422. The van der Waals surface area contributed by atoms with Crippen molar-refractivity contribution in [3.8, 4) is 0 Å². The Bertz CT molecular complexity index is 1090. The molecule has 1 aliphatic heterocycles. The van der Waals surface area contributed by atoms with Gasteiger partial charge in [0.1, 0.15) is 11.5 Å². The van der Waals surface area contributed by atoms with Gasteiger partial charge in [0.2, 0.25) is 0 Å². The number of amides is 1. The lowest BCUT2D eigenvalue weighted by molar-refractivity contribution is -0.384. The Labute approximate surface area is 173 Å². The molecule has 1 aromatic heterocycles. The van der Waals surface area contributed by atoms with Crippen LogP contribution in [0.3, 0.4) is 0 Å². The zero-order chi connectivity index (χ0) is 20.7. The summed E-state index contributed by atoms with van der Waals surface area (Å²) in [7, 11) is 0. The molecule has 2 N–H and O–H groups in total. The molecular weight excluding hydrogens is 382 g/mol. The fraction of sp³-hybridized carbons (Fsp3) is 0.364. The number of nitrogens with one attached hydrogen (secondary N) is 2. The number of nitro groups is 1. The molecule has 2 heterocycles. The molecule has 0 unspecified atom stereocenters. The third kappa shape index (κ3) is 3.60. The number of nitrogens with zero attached hydrogens (tertiary/aromatic N) is 3. The van der Waals surface area contributed by atoms with E-state index in [1.165, 1.54) is 6.07 Å². The number of nitro benzene ring substituents is 1. The highest BCUT2D eigenvalue weighted by Crippen LogP contribution is 2.33. The van der Waals surface area contributed by atoms with E-state index in [4.69, 9.17) is 4.98 Å². The van der Waals surface area contributed by atoms with Crippen LogP contribution in [-0.2, 0) is 0 Å².